The number of pyridine rings is 1. The highest BCUT2D eigenvalue weighted by Gasteiger charge is 2.31. The minimum absolute atomic E-state index is 0.0153. The molecule has 10 heteroatoms. The van der Waals surface area contributed by atoms with Gasteiger partial charge in [-0.1, -0.05) is 0 Å². The molecule has 0 radical (unpaired) electrons. The van der Waals surface area contributed by atoms with Crippen molar-refractivity contribution < 1.29 is 22.8 Å². The quantitative estimate of drug-likeness (QED) is 0.643. The van der Waals surface area contributed by atoms with Crippen LogP contribution in [-0.2, 0) is 6.18 Å². The van der Waals surface area contributed by atoms with Gasteiger partial charge in [0.2, 0.25) is 0 Å². The Labute approximate surface area is 184 Å². The van der Waals surface area contributed by atoms with Crippen molar-refractivity contribution in [3.63, 3.8) is 0 Å². The zero-order chi connectivity index (χ0) is 23.3. The molecule has 1 fully saturated rings. The lowest BCUT2D eigenvalue weighted by molar-refractivity contribution is -0.137. The molecule has 3 rings (SSSR count). The molecular formula is C22H26F3N5O2. The lowest BCUT2D eigenvalue weighted by Crippen LogP contribution is -2.45. The fourth-order valence-electron chi connectivity index (χ4n) is 3.40. The average molecular weight is 449 g/mol. The standard InChI is InChI=1S/C22H26F3N5O2/c1-14(2)27-21(32)29-17-6-3-15(4-7-17)20(31)28-18-9-11-30(12-10-18)19-8-5-16(13-26-19)22(23,24)25/h3-8,13-14,18H,9-12H2,1-2H3,(H,28,31)(H2,27,29,32). The number of nitrogens with one attached hydrogen (secondary N) is 3. The number of rotatable bonds is 5. The maximum atomic E-state index is 12.7. The summed E-state index contributed by atoms with van der Waals surface area (Å²) in [7, 11) is 0. The van der Waals surface area contributed by atoms with Crippen molar-refractivity contribution in [3.05, 3.63) is 53.7 Å². The van der Waals surface area contributed by atoms with Crippen molar-refractivity contribution in [2.24, 2.45) is 0 Å². The number of aromatic nitrogens is 1. The van der Waals surface area contributed by atoms with Crippen LogP contribution in [0.1, 0.15) is 42.6 Å². The van der Waals surface area contributed by atoms with Crippen LogP contribution in [0.2, 0.25) is 0 Å². The fraction of sp³-hybridized carbons (Fsp3) is 0.409. The van der Waals surface area contributed by atoms with Crippen LogP contribution >= 0.6 is 0 Å². The van der Waals surface area contributed by atoms with Gasteiger partial charge >= 0.3 is 12.2 Å². The molecule has 1 aliphatic rings. The summed E-state index contributed by atoms with van der Waals surface area (Å²) in [6.45, 7) is 4.88. The number of amides is 3. The number of hydrogen-bond acceptors (Lipinski definition) is 4. The Morgan fingerprint density at radius 1 is 1.06 bits per heavy atom. The molecule has 0 unspecified atom stereocenters. The first kappa shape index (κ1) is 23.4. The van der Waals surface area contributed by atoms with Crippen LogP contribution < -0.4 is 20.9 Å². The van der Waals surface area contributed by atoms with Gasteiger partial charge < -0.3 is 20.9 Å². The lowest BCUT2D eigenvalue weighted by atomic mass is 10.0. The van der Waals surface area contributed by atoms with Crippen molar-refractivity contribution in [2.75, 3.05) is 23.3 Å². The van der Waals surface area contributed by atoms with Crippen LogP contribution in [0.25, 0.3) is 0 Å². The van der Waals surface area contributed by atoms with Crippen LogP contribution in [0.5, 0.6) is 0 Å². The van der Waals surface area contributed by atoms with Crippen LogP contribution in [0, 0.1) is 0 Å². The van der Waals surface area contributed by atoms with Gasteiger partial charge in [0.05, 0.1) is 5.56 Å². The maximum absolute atomic E-state index is 12.7. The summed E-state index contributed by atoms with van der Waals surface area (Å²) in [6, 6.07) is 8.67. The number of halogens is 3. The molecule has 0 spiro atoms. The summed E-state index contributed by atoms with van der Waals surface area (Å²) in [5.74, 6) is 0.279. The molecular weight excluding hydrogens is 423 g/mol. The molecule has 1 aromatic carbocycles. The molecule has 32 heavy (non-hydrogen) atoms. The van der Waals surface area contributed by atoms with E-state index in [-0.39, 0.29) is 24.0 Å². The first-order valence-corrected chi connectivity index (χ1v) is 10.4. The van der Waals surface area contributed by atoms with E-state index in [0.29, 0.717) is 43.0 Å². The second-order valence-electron chi connectivity index (χ2n) is 7.97. The average Bonchev–Trinajstić information content (AvgIpc) is 2.73. The minimum atomic E-state index is -4.41. The first-order chi connectivity index (χ1) is 15.1. The van der Waals surface area contributed by atoms with E-state index in [9.17, 15) is 22.8 Å². The molecule has 0 saturated carbocycles. The van der Waals surface area contributed by atoms with Gasteiger partial charge in [0.15, 0.2) is 0 Å². The number of piperidine rings is 1. The topological polar surface area (TPSA) is 86.4 Å². The van der Waals surface area contributed by atoms with Crippen LogP contribution in [0.15, 0.2) is 42.6 Å². The summed E-state index contributed by atoms with van der Waals surface area (Å²) < 4.78 is 38.0. The third kappa shape index (κ3) is 6.35. The Hall–Kier alpha value is -3.30. The van der Waals surface area contributed by atoms with Crippen molar-refractivity contribution in [3.8, 4) is 0 Å². The van der Waals surface area contributed by atoms with E-state index in [4.69, 9.17) is 0 Å². The largest absolute Gasteiger partial charge is 0.417 e. The van der Waals surface area contributed by atoms with E-state index in [0.717, 1.165) is 12.3 Å². The van der Waals surface area contributed by atoms with Crippen LogP contribution in [-0.4, -0.2) is 42.1 Å². The second-order valence-corrected chi connectivity index (χ2v) is 7.97. The number of benzene rings is 1. The molecule has 2 heterocycles. The number of alkyl halides is 3. The minimum Gasteiger partial charge on any atom is -0.356 e. The van der Waals surface area contributed by atoms with Gasteiger partial charge in [-0.2, -0.15) is 13.2 Å². The van der Waals surface area contributed by atoms with Crippen LogP contribution in [0.4, 0.5) is 29.5 Å². The van der Waals surface area contributed by atoms with Gasteiger partial charge in [0.1, 0.15) is 5.82 Å². The zero-order valence-corrected chi connectivity index (χ0v) is 17.9. The lowest BCUT2D eigenvalue weighted by Gasteiger charge is -2.33. The highest BCUT2D eigenvalue weighted by Crippen LogP contribution is 2.29. The van der Waals surface area contributed by atoms with E-state index in [1.807, 2.05) is 18.7 Å². The Bertz CT molecular complexity index is 922. The van der Waals surface area contributed by atoms with E-state index >= 15 is 0 Å². The molecule has 7 nitrogen and oxygen atoms in total. The Morgan fingerprint density at radius 2 is 1.72 bits per heavy atom. The summed E-state index contributed by atoms with van der Waals surface area (Å²) in [5, 5.41) is 8.41. The van der Waals surface area contributed by atoms with Crippen molar-refractivity contribution >= 4 is 23.4 Å². The molecule has 3 N–H and O–H groups in total. The molecule has 1 aliphatic heterocycles. The van der Waals surface area contributed by atoms with Gasteiger partial charge in [-0.05, 0) is 63.1 Å². The molecule has 0 atom stereocenters. The van der Waals surface area contributed by atoms with Crippen molar-refractivity contribution in [1.29, 1.82) is 0 Å². The maximum Gasteiger partial charge on any atom is 0.417 e. The van der Waals surface area contributed by atoms with E-state index < -0.39 is 11.7 Å². The number of carbonyl (C=O) groups is 2. The summed E-state index contributed by atoms with van der Waals surface area (Å²) in [6.07, 6.45) is -2.25. The van der Waals surface area contributed by atoms with Crippen molar-refractivity contribution in [1.82, 2.24) is 15.6 Å². The third-order valence-corrected chi connectivity index (χ3v) is 5.05. The van der Waals surface area contributed by atoms with Gasteiger partial charge in [0, 0.05) is 42.6 Å². The molecule has 2 aromatic rings. The molecule has 0 aliphatic carbocycles. The fourth-order valence-corrected chi connectivity index (χ4v) is 3.40. The van der Waals surface area contributed by atoms with Gasteiger partial charge in [-0.15, -0.1) is 0 Å². The number of nitrogens with zero attached hydrogens (tertiary/aromatic N) is 2. The zero-order valence-electron chi connectivity index (χ0n) is 17.9. The number of anilines is 2. The molecule has 1 aromatic heterocycles. The normalized spacial score (nSPS) is 14.9. The second kappa shape index (κ2) is 9.88. The molecule has 0 bridgehead atoms. The number of urea groups is 1. The monoisotopic (exact) mass is 449 g/mol. The molecule has 3 amide bonds. The molecule has 172 valence electrons. The van der Waals surface area contributed by atoms with Crippen molar-refractivity contribution in [2.45, 2.75) is 44.9 Å². The van der Waals surface area contributed by atoms with E-state index in [2.05, 4.69) is 20.9 Å². The summed E-state index contributed by atoms with van der Waals surface area (Å²) in [5.41, 5.74) is 0.286. The first-order valence-electron chi connectivity index (χ1n) is 10.4. The third-order valence-electron chi connectivity index (χ3n) is 5.05. The Morgan fingerprint density at radius 3 is 2.25 bits per heavy atom. The predicted molar refractivity (Wildman–Crippen MR) is 116 cm³/mol. The summed E-state index contributed by atoms with van der Waals surface area (Å²) in [4.78, 5) is 30.1. The van der Waals surface area contributed by atoms with E-state index in [1.165, 1.54) is 6.07 Å². The number of hydrogen-bond donors (Lipinski definition) is 3. The highest BCUT2D eigenvalue weighted by molar-refractivity contribution is 5.95. The number of carbonyl (C=O) groups excluding carboxylic acids is 2. The highest BCUT2D eigenvalue weighted by atomic mass is 19.4. The van der Waals surface area contributed by atoms with Crippen LogP contribution in [0.3, 0.4) is 0 Å². The van der Waals surface area contributed by atoms with Gasteiger partial charge in [-0.25, -0.2) is 9.78 Å². The Kier molecular flexibility index (Phi) is 7.22. The SMILES string of the molecule is CC(C)NC(=O)Nc1ccc(C(=O)NC2CCN(c3ccc(C(F)(F)F)cn3)CC2)cc1. The smallest absolute Gasteiger partial charge is 0.356 e. The predicted octanol–water partition coefficient (Wildman–Crippen LogP) is 4.03. The summed E-state index contributed by atoms with van der Waals surface area (Å²) >= 11 is 0. The van der Waals surface area contributed by atoms with Gasteiger partial charge in [-0.3, -0.25) is 4.79 Å². The van der Waals surface area contributed by atoms with E-state index in [1.54, 1.807) is 24.3 Å². The van der Waals surface area contributed by atoms with Gasteiger partial charge in [0.25, 0.3) is 5.91 Å². The Balaban J connectivity index is 1.48. The molecule has 1 saturated heterocycles.